The number of carbonyl (C=O) groups excluding carboxylic acids is 2. The Balaban J connectivity index is 1.51. The second kappa shape index (κ2) is 6.06. The molecule has 130 valence electrons. The summed E-state index contributed by atoms with van der Waals surface area (Å²) in [5.74, 6) is 0.186. The summed E-state index contributed by atoms with van der Waals surface area (Å²) >= 11 is 0. The molecule has 1 spiro atoms. The first-order valence-electron chi connectivity index (χ1n) is 8.88. The van der Waals surface area contributed by atoms with Gasteiger partial charge in [-0.05, 0) is 37.0 Å². The molecular weight excluding hydrogens is 314 g/mol. The second-order valence-corrected chi connectivity index (χ2v) is 7.24. The fourth-order valence-corrected chi connectivity index (χ4v) is 4.17. The van der Waals surface area contributed by atoms with E-state index in [4.69, 9.17) is 0 Å². The molecule has 0 bridgehead atoms. The topological polar surface area (TPSA) is 56.4 Å². The molecule has 0 radical (unpaired) electrons. The van der Waals surface area contributed by atoms with E-state index in [1.165, 1.54) is 0 Å². The Hall–Kier alpha value is -2.56. The third-order valence-electron chi connectivity index (χ3n) is 5.59. The number of benzene rings is 1. The first-order chi connectivity index (χ1) is 12.1. The number of rotatable bonds is 2. The maximum atomic E-state index is 12.9. The van der Waals surface area contributed by atoms with Crippen LogP contribution in [0.3, 0.4) is 0 Å². The third kappa shape index (κ3) is 2.73. The number of H-pyrrole nitrogens is 1. The SMILES string of the molecule is CN1CCC[C@]2(CCN(C(=O)c3ccc(-c4ccccc4)[nH]3)C2)C1=O. The van der Waals surface area contributed by atoms with E-state index in [0.29, 0.717) is 18.8 Å². The fourth-order valence-electron chi connectivity index (χ4n) is 4.17. The van der Waals surface area contributed by atoms with Crippen LogP contribution in [-0.4, -0.2) is 53.3 Å². The van der Waals surface area contributed by atoms with Crippen LogP contribution in [0.5, 0.6) is 0 Å². The maximum Gasteiger partial charge on any atom is 0.270 e. The van der Waals surface area contributed by atoms with Crippen molar-refractivity contribution in [3.63, 3.8) is 0 Å². The molecule has 2 aliphatic heterocycles. The Morgan fingerprint density at radius 1 is 1.08 bits per heavy atom. The Bertz CT molecular complexity index is 798. The van der Waals surface area contributed by atoms with Crippen molar-refractivity contribution in [3.8, 4) is 11.3 Å². The van der Waals surface area contributed by atoms with Gasteiger partial charge in [-0.15, -0.1) is 0 Å². The van der Waals surface area contributed by atoms with Crippen molar-refractivity contribution in [2.45, 2.75) is 19.3 Å². The molecule has 2 fully saturated rings. The average molecular weight is 337 g/mol. The van der Waals surface area contributed by atoms with Crippen LogP contribution < -0.4 is 0 Å². The number of carbonyl (C=O) groups is 2. The van der Waals surface area contributed by atoms with E-state index in [-0.39, 0.29) is 17.2 Å². The van der Waals surface area contributed by atoms with E-state index < -0.39 is 0 Å². The molecule has 5 heteroatoms. The Morgan fingerprint density at radius 2 is 1.88 bits per heavy atom. The number of aromatic amines is 1. The van der Waals surface area contributed by atoms with Crippen molar-refractivity contribution in [3.05, 3.63) is 48.2 Å². The number of aromatic nitrogens is 1. The summed E-state index contributed by atoms with van der Waals surface area (Å²) in [4.78, 5) is 32.4. The molecule has 25 heavy (non-hydrogen) atoms. The molecule has 0 unspecified atom stereocenters. The smallest absolute Gasteiger partial charge is 0.270 e. The van der Waals surface area contributed by atoms with Crippen molar-refractivity contribution in [1.29, 1.82) is 0 Å². The number of piperidine rings is 1. The predicted molar refractivity (Wildman–Crippen MR) is 96.1 cm³/mol. The van der Waals surface area contributed by atoms with Crippen LogP contribution in [0.15, 0.2) is 42.5 Å². The van der Waals surface area contributed by atoms with E-state index in [1.54, 1.807) is 0 Å². The van der Waals surface area contributed by atoms with Crippen molar-refractivity contribution in [2.24, 2.45) is 5.41 Å². The van der Waals surface area contributed by atoms with Crippen LogP contribution in [0, 0.1) is 5.41 Å². The molecular formula is C20H23N3O2. The van der Waals surface area contributed by atoms with Gasteiger partial charge in [0.2, 0.25) is 5.91 Å². The Kier molecular flexibility index (Phi) is 3.86. The first kappa shape index (κ1) is 15.9. The van der Waals surface area contributed by atoms with Crippen LogP contribution in [-0.2, 0) is 4.79 Å². The monoisotopic (exact) mass is 337 g/mol. The third-order valence-corrected chi connectivity index (χ3v) is 5.59. The molecule has 3 heterocycles. The number of hydrogen-bond donors (Lipinski definition) is 1. The van der Waals surface area contributed by atoms with Crippen molar-refractivity contribution in [2.75, 3.05) is 26.7 Å². The van der Waals surface area contributed by atoms with Gasteiger partial charge in [-0.1, -0.05) is 30.3 Å². The zero-order chi connectivity index (χ0) is 17.4. The first-order valence-corrected chi connectivity index (χ1v) is 8.88. The quantitative estimate of drug-likeness (QED) is 0.916. The molecule has 0 aliphatic carbocycles. The largest absolute Gasteiger partial charge is 0.351 e. The fraction of sp³-hybridized carbons (Fsp3) is 0.400. The normalized spacial score (nSPS) is 23.5. The lowest BCUT2D eigenvalue weighted by molar-refractivity contribution is -0.143. The van der Waals surface area contributed by atoms with Gasteiger partial charge in [0.1, 0.15) is 5.69 Å². The minimum absolute atomic E-state index is 0.0138. The highest BCUT2D eigenvalue weighted by Crippen LogP contribution is 2.40. The predicted octanol–water partition coefficient (Wildman–Crippen LogP) is 2.77. The second-order valence-electron chi connectivity index (χ2n) is 7.24. The van der Waals surface area contributed by atoms with Gasteiger partial charge in [0.15, 0.2) is 0 Å². The molecule has 1 aromatic heterocycles. The van der Waals surface area contributed by atoms with Gasteiger partial charge in [-0.3, -0.25) is 9.59 Å². The summed E-state index contributed by atoms with van der Waals surface area (Å²) in [7, 11) is 1.87. The van der Waals surface area contributed by atoms with Crippen LogP contribution >= 0.6 is 0 Å². The molecule has 1 aromatic carbocycles. The summed E-state index contributed by atoms with van der Waals surface area (Å²) in [6.07, 6.45) is 2.68. The molecule has 1 N–H and O–H groups in total. The molecule has 0 saturated carbocycles. The van der Waals surface area contributed by atoms with Gasteiger partial charge in [-0.25, -0.2) is 0 Å². The number of hydrogen-bond acceptors (Lipinski definition) is 2. The van der Waals surface area contributed by atoms with E-state index in [2.05, 4.69) is 4.98 Å². The zero-order valence-corrected chi connectivity index (χ0v) is 14.5. The minimum Gasteiger partial charge on any atom is -0.351 e. The molecule has 2 aromatic rings. The number of amides is 2. The van der Waals surface area contributed by atoms with Gasteiger partial charge in [0.25, 0.3) is 5.91 Å². The van der Waals surface area contributed by atoms with E-state index in [1.807, 2.05) is 59.3 Å². The number of likely N-dealkylation sites (tertiary alicyclic amines) is 2. The van der Waals surface area contributed by atoms with E-state index >= 15 is 0 Å². The Labute approximate surface area is 147 Å². The lowest BCUT2D eigenvalue weighted by Gasteiger charge is -2.37. The lowest BCUT2D eigenvalue weighted by Crippen LogP contribution is -2.48. The van der Waals surface area contributed by atoms with Gasteiger partial charge < -0.3 is 14.8 Å². The summed E-state index contributed by atoms with van der Waals surface area (Å²) < 4.78 is 0. The lowest BCUT2D eigenvalue weighted by atomic mass is 9.78. The highest BCUT2D eigenvalue weighted by molar-refractivity contribution is 5.95. The molecule has 2 aliphatic rings. The summed E-state index contributed by atoms with van der Waals surface area (Å²) in [5.41, 5.74) is 2.22. The molecule has 4 rings (SSSR count). The van der Waals surface area contributed by atoms with Gasteiger partial charge in [-0.2, -0.15) is 0 Å². The number of nitrogens with one attached hydrogen (secondary N) is 1. The summed E-state index contributed by atoms with van der Waals surface area (Å²) in [6.45, 7) is 2.01. The van der Waals surface area contributed by atoms with E-state index in [9.17, 15) is 9.59 Å². The van der Waals surface area contributed by atoms with Gasteiger partial charge in [0, 0.05) is 32.4 Å². The molecule has 5 nitrogen and oxygen atoms in total. The van der Waals surface area contributed by atoms with Crippen molar-refractivity contribution >= 4 is 11.8 Å². The van der Waals surface area contributed by atoms with Crippen LogP contribution in [0.4, 0.5) is 0 Å². The Morgan fingerprint density at radius 3 is 2.68 bits per heavy atom. The molecule has 1 atom stereocenters. The van der Waals surface area contributed by atoms with Crippen molar-refractivity contribution < 1.29 is 9.59 Å². The van der Waals surface area contributed by atoms with E-state index in [0.717, 1.165) is 37.1 Å². The minimum atomic E-state index is -0.364. The molecule has 2 saturated heterocycles. The average Bonchev–Trinajstić information content (AvgIpc) is 3.28. The highest BCUT2D eigenvalue weighted by atomic mass is 16.2. The standard InChI is InChI=1S/C20H23N3O2/c1-22-12-5-10-20(19(22)25)11-13-23(14-20)18(24)17-9-8-16(21-17)15-6-3-2-4-7-15/h2-4,6-9,21H,5,10-14H2,1H3/t20-/m1/s1. The number of nitrogens with zero attached hydrogens (tertiary/aromatic N) is 2. The van der Waals surface area contributed by atoms with Crippen LogP contribution in [0.1, 0.15) is 29.8 Å². The summed E-state index contributed by atoms with van der Waals surface area (Å²) in [6, 6.07) is 13.7. The van der Waals surface area contributed by atoms with Gasteiger partial charge in [0.05, 0.1) is 5.41 Å². The zero-order valence-electron chi connectivity index (χ0n) is 14.5. The van der Waals surface area contributed by atoms with Crippen LogP contribution in [0.2, 0.25) is 0 Å². The highest BCUT2D eigenvalue weighted by Gasteiger charge is 2.48. The van der Waals surface area contributed by atoms with Crippen molar-refractivity contribution in [1.82, 2.24) is 14.8 Å². The maximum absolute atomic E-state index is 12.9. The van der Waals surface area contributed by atoms with Crippen LogP contribution in [0.25, 0.3) is 11.3 Å². The summed E-state index contributed by atoms with van der Waals surface area (Å²) in [5, 5.41) is 0. The molecule has 2 amide bonds. The van der Waals surface area contributed by atoms with Gasteiger partial charge >= 0.3 is 0 Å².